The fourth-order valence-electron chi connectivity index (χ4n) is 2.18. The average Bonchev–Trinajstić information content (AvgIpc) is 2.60. The molecule has 1 atom stereocenters. The van der Waals surface area contributed by atoms with Crippen molar-refractivity contribution in [3.05, 3.63) is 54.1 Å². The van der Waals surface area contributed by atoms with Gasteiger partial charge in [0.15, 0.2) is 0 Å². The molecular formula is C18H19NO5. The van der Waals surface area contributed by atoms with Gasteiger partial charge in [0.25, 0.3) is 5.91 Å². The predicted octanol–water partition coefficient (Wildman–Crippen LogP) is 2.95. The van der Waals surface area contributed by atoms with Gasteiger partial charge in [-0.2, -0.15) is 0 Å². The number of amides is 1. The summed E-state index contributed by atoms with van der Waals surface area (Å²) in [5, 5.41) is 2.72. The van der Waals surface area contributed by atoms with E-state index in [9.17, 15) is 9.59 Å². The topological polar surface area (TPSA) is 73.9 Å². The van der Waals surface area contributed by atoms with E-state index in [4.69, 9.17) is 14.2 Å². The van der Waals surface area contributed by atoms with E-state index in [2.05, 4.69) is 5.32 Å². The second-order valence-electron chi connectivity index (χ2n) is 4.96. The molecule has 0 saturated carbocycles. The van der Waals surface area contributed by atoms with Crippen molar-refractivity contribution in [2.24, 2.45) is 0 Å². The van der Waals surface area contributed by atoms with Gasteiger partial charge in [0, 0.05) is 18.6 Å². The van der Waals surface area contributed by atoms with E-state index in [-0.39, 0.29) is 0 Å². The maximum absolute atomic E-state index is 12.6. The normalized spacial score (nSPS) is 11.3. The van der Waals surface area contributed by atoms with Crippen LogP contribution >= 0.6 is 0 Å². The number of hydrogen-bond acceptors (Lipinski definition) is 5. The Bertz CT molecular complexity index is 715. The maximum Gasteiger partial charge on any atom is 0.303 e. The largest absolute Gasteiger partial charge is 0.497 e. The van der Waals surface area contributed by atoms with E-state index in [1.54, 1.807) is 42.5 Å². The molecule has 126 valence electrons. The second-order valence-corrected chi connectivity index (χ2v) is 4.96. The molecule has 0 spiro atoms. The molecule has 0 unspecified atom stereocenters. The van der Waals surface area contributed by atoms with Crippen LogP contribution in [0.4, 0.5) is 5.69 Å². The number of carbonyl (C=O) groups is 2. The van der Waals surface area contributed by atoms with Crippen molar-refractivity contribution < 1.29 is 23.8 Å². The van der Waals surface area contributed by atoms with Crippen LogP contribution in [0.2, 0.25) is 0 Å². The van der Waals surface area contributed by atoms with Gasteiger partial charge < -0.3 is 19.5 Å². The second kappa shape index (κ2) is 8.01. The van der Waals surface area contributed by atoms with Crippen LogP contribution in [-0.4, -0.2) is 26.1 Å². The third kappa shape index (κ3) is 4.25. The number of esters is 1. The van der Waals surface area contributed by atoms with E-state index < -0.39 is 18.0 Å². The first-order valence-electron chi connectivity index (χ1n) is 7.30. The predicted molar refractivity (Wildman–Crippen MR) is 89.1 cm³/mol. The number of ether oxygens (including phenoxy) is 3. The van der Waals surface area contributed by atoms with Gasteiger partial charge in [0.2, 0.25) is 6.10 Å². The fraction of sp³-hybridized carbons (Fsp3) is 0.222. The summed E-state index contributed by atoms with van der Waals surface area (Å²) < 4.78 is 15.6. The summed E-state index contributed by atoms with van der Waals surface area (Å²) in [6, 6.07) is 13.8. The smallest absolute Gasteiger partial charge is 0.303 e. The quantitative estimate of drug-likeness (QED) is 0.825. The van der Waals surface area contributed by atoms with Crippen LogP contribution in [0.3, 0.4) is 0 Å². The summed E-state index contributed by atoms with van der Waals surface area (Å²) in [7, 11) is 3.03. The zero-order valence-electron chi connectivity index (χ0n) is 13.7. The van der Waals surface area contributed by atoms with Crippen molar-refractivity contribution in [2.75, 3.05) is 19.5 Å². The molecular weight excluding hydrogens is 310 g/mol. The molecule has 2 rings (SSSR count). The van der Waals surface area contributed by atoms with Crippen LogP contribution in [0, 0.1) is 0 Å². The molecule has 2 aromatic carbocycles. The van der Waals surface area contributed by atoms with Crippen molar-refractivity contribution in [3.63, 3.8) is 0 Å². The first-order chi connectivity index (χ1) is 11.5. The van der Waals surface area contributed by atoms with Gasteiger partial charge >= 0.3 is 5.97 Å². The molecule has 1 amide bonds. The monoisotopic (exact) mass is 329 g/mol. The van der Waals surface area contributed by atoms with Crippen LogP contribution in [-0.2, 0) is 14.3 Å². The van der Waals surface area contributed by atoms with Crippen molar-refractivity contribution in [1.29, 1.82) is 0 Å². The number of hydrogen-bond donors (Lipinski definition) is 1. The summed E-state index contributed by atoms with van der Waals surface area (Å²) in [6.07, 6.45) is -1.06. The zero-order valence-corrected chi connectivity index (χ0v) is 13.7. The minimum absolute atomic E-state index is 0.426. The Morgan fingerprint density at radius 3 is 2.29 bits per heavy atom. The molecule has 0 aliphatic carbocycles. The van der Waals surface area contributed by atoms with Crippen LogP contribution < -0.4 is 14.8 Å². The standard InChI is InChI=1S/C18H19NO5/c1-12(20)24-17(13-7-5-4-6-8-13)18(21)19-15-11-14(22-2)9-10-16(15)23-3/h4-11,17H,1-3H3,(H,19,21)/t17-/m0/s1. The molecule has 0 saturated heterocycles. The minimum atomic E-state index is -1.06. The summed E-state index contributed by atoms with van der Waals surface area (Å²) in [6.45, 7) is 1.26. The highest BCUT2D eigenvalue weighted by molar-refractivity contribution is 5.97. The third-order valence-electron chi connectivity index (χ3n) is 3.29. The highest BCUT2D eigenvalue weighted by atomic mass is 16.5. The van der Waals surface area contributed by atoms with Gasteiger partial charge in [-0.15, -0.1) is 0 Å². The number of anilines is 1. The molecule has 2 aromatic rings. The lowest BCUT2D eigenvalue weighted by Crippen LogP contribution is -2.25. The van der Waals surface area contributed by atoms with Gasteiger partial charge in [-0.3, -0.25) is 9.59 Å². The van der Waals surface area contributed by atoms with Crippen LogP contribution in [0.15, 0.2) is 48.5 Å². The summed E-state index contributed by atoms with van der Waals surface area (Å²) in [5.41, 5.74) is 1.00. The minimum Gasteiger partial charge on any atom is -0.497 e. The van der Waals surface area contributed by atoms with Gasteiger partial charge in [0.05, 0.1) is 19.9 Å². The van der Waals surface area contributed by atoms with Gasteiger partial charge in [0.1, 0.15) is 11.5 Å². The molecule has 0 aromatic heterocycles. The van der Waals surface area contributed by atoms with E-state index >= 15 is 0 Å². The molecule has 6 heteroatoms. The highest BCUT2D eigenvalue weighted by Crippen LogP contribution is 2.30. The summed E-state index contributed by atoms with van der Waals surface area (Å²) in [4.78, 5) is 24.0. The van der Waals surface area contributed by atoms with Gasteiger partial charge in [-0.05, 0) is 12.1 Å². The fourth-order valence-corrected chi connectivity index (χ4v) is 2.18. The molecule has 0 aliphatic rings. The molecule has 0 bridgehead atoms. The summed E-state index contributed by atoms with van der Waals surface area (Å²) >= 11 is 0. The zero-order chi connectivity index (χ0) is 17.5. The van der Waals surface area contributed by atoms with E-state index in [1.807, 2.05) is 6.07 Å². The molecule has 0 aliphatic heterocycles. The van der Waals surface area contributed by atoms with Gasteiger partial charge in [-0.25, -0.2) is 0 Å². The molecule has 0 heterocycles. The van der Waals surface area contributed by atoms with Crippen molar-refractivity contribution in [3.8, 4) is 11.5 Å². The number of benzene rings is 2. The van der Waals surface area contributed by atoms with Crippen LogP contribution in [0.25, 0.3) is 0 Å². The number of nitrogens with one attached hydrogen (secondary N) is 1. The Hall–Kier alpha value is -3.02. The lowest BCUT2D eigenvalue weighted by atomic mass is 10.1. The van der Waals surface area contributed by atoms with Crippen molar-refractivity contribution in [2.45, 2.75) is 13.0 Å². The van der Waals surface area contributed by atoms with Crippen molar-refractivity contribution in [1.82, 2.24) is 0 Å². The molecule has 1 N–H and O–H groups in total. The van der Waals surface area contributed by atoms with E-state index in [0.717, 1.165) is 0 Å². The first kappa shape index (κ1) is 17.3. The lowest BCUT2D eigenvalue weighted by Gasteiger charge is -2.18. The number of carbonyl (C=O) groups excluding carboxylic acids is 2. The van der Waals surface area contributed by atoms with Crippen molar-refractivity contribution >= 4 is 17.6 Å². The van der Waals surface area contributed by atoms with Gasteiger partial charge in [-0.1, -0.05) is 30.3 Å². The Morgan fingerprint density at radius 2 is 1.71 bits per heavy atom. The Morgan fingerprint density at radius 1 is 1.00 bits per heavy atom. The van der Waals surface area contributed by atoms with E-state index in [0.29, 0.717) is 22.7 Å². The lowest BCUT2D eigenvalue weighted by molar-refractivity contribution is -0.152. The highest BCUT2D eigenvalue weighted by Gasteiger charge is 2.24. The Balaban J connectivity index is 2.29. The number of methoxy groups -OCH3 is 2. The average molecular weight is 329 g/mol. The first-order valence-corrected chi connectivity index (χ1v) is 7.30. The molecule has 6 nitrogen and oxygen atoms in total. The molecule has 24 heavy (non-hydrogen) atoms. The Labute approximate surface area is 140 Å². The maximum atomic E-state index is 12.6. The molecule has 0 radical (unpaired) electrons. The van der Waals surface area contributed by atoms with E-state index in [1.165, 1.54) is 21.1 Å². The molecule has 0 fully saturated rings. The summed E-state index contributed by atoms with van der Waals surface area (Å²) in [5.74, 6) is 0.00759. The van der Waals surface area contributed by atoms with Crippen LogP contribution in [0.1, 0.15) is 18.6 Å². The number of rotatable bonds is 6. The third-order valence-corrected chi connectivity index (χ3v) is 3.29. The Kier molecular flexibility index (Phi) is 5.78. The SMILES string of the molecule is COc1ccc(OC)c(NC(=O)[C@@H](OC(C)=O)c2ccccc2)c1. The van der Waals surface area contributed by atoms with Crippen LogP contribution in [0.5, 0.6) is 11.5 Å².